The lowest BCUT2D eigenvalue weighted by Gasteiger charge is -2.25. The third-order valence-corrected chi connectivity index (χ3v) is 5.85. The molecule has 0 atom stereocenters. The molecule has 6 nitrogen and oxygen atoms in total. The summed E-state index contributed by atoms with van der Waals surface area (Å²) in [5.41, 5.74) is 1.02. The minimum Gasteiger partial charge on any atom is -0.457 e. The predicted molar refractivity (Wildman–Crippen MR) is 93.9 cm³/mol. The molecule has 0 radical (unpaired) electrons. The number of halogens is 2. The van der Waals surface area contributed by atoms with Gasteiger partial charge in [-0.3, -0.25) is 0 Å². The summed E-state index contributed by atoms with van der Waals surface area (Å²) in [4.78, 5) is -0.0420. The molecule has 2 N–H and O–H groups in total. The molecule has 1 aliphatic heterocycles. The van der Waals surface area contributed by atoms with Crippen molar-refractivity contribution in [3.05, 3.63) is 51.7 Å². The Labute approximate surface area is 158 Å². The Morgan fingerprint density at radius 3 is 2.58 bits per heavy atom. The van der Waals surface area contributed by atoms with Gasteiger partial charge in [0.15, 0.2) is 5.79 Å². The largest absolute Gasteiger partial charge is 0.457 e. The highest BCUT2D eigenvalue weighted by Gasteiger charge is 2.48. The number of primary sulfonamides is 1. The van der Waals surface area contributed by atoms with Crippen LogP contribution in [0.25, 0.3) is 0 Å². The monoisotopic (exact) mass is 443 g/mol. The van der Waals surface area contributed by atoms with Gasteiger partial charge >= 0.3 is 0 Å². The van der Waals surface area contributed by atoms with Crippen LogP contribution in [0.3, 0.4) is 0 Å². The Hall–Kier alpha value is -1.52. The second kappa shape index (κ2) is 6.28. The number of fused-ring (bicyclic) bond motifs is 2. The third kappa shape index (κ3) is 3.03. The maximum Gasteiger partial charge on any atom is 0.238 e. The van der Waals surface area contributed by atoms with E-state index in [2.05, 4.69) is 15.9 Å². The lowest BCUT2D eigenvalue weighted by atomic mass is 10.1. The zero-order valence-electron chi connectivity index (χ0n) is 13.5. The lowest BCUT2D eigenvalue weighted by molar-refractivity contribution is -0.164. The minimum atomic E-state index is -3.98. The number of benzene rings is 2. The summed E-state index contributed by atoms with van der Waals surface area (Å²) >= 11 is 3.22. The lowest BCUT2D eigenvalue weighted by Crippen LogP contribution is -2.27. The van der Waals surface area contributed by atoms with E-state index in [9.17, 15) is 12.8 Å². The van der Waals surface area contributed by atoms with Crippen molar-refractivity contribution in [1.82, 2.24) is 0 Å². The van der Waals surface area contributed by atoms with Gasteiger partial charge in [0.1, 0.15) is 17.3 Å². The molecule has 0 saturated carbocycles. The molecule has 2 aliphatic rings. The van der Waals surface area contributed by atoms with Crippen molar-refractivity contribution in [3.63, 3.8) is 0 Å². The highest BCUT2D eigenvalue weighted by molar-refractivity contribution is 9.10. The Bertz CT molecular complexity index is 969. The molecule has 4 rings (SSSR count). The average Bonchev–Trinajstić information content (AvgIpc) is 3.15. The normalized spacial score (nSPS) is 18.3. The van der Waals surface area contributed by atoms with Crippen LogP contribution >= 0.6 is 15.9 Å². The first-order valence-electron chi connectivity index (χ1n) is 7.89. The second-order valence-electron chi connectivity index (χ2n) is 6.12. The van der Waals surface area contributed by atoms with Crippen LogP contribution in [0.5, 0.6) is 11.5 Å². The van der Waals surface area contributed by atoms with Crippen LogP contribution in [-0.4, -0.2) is 21.6 Å². The first-order chi connectivity index (χ1) is 12.3. The van der Waals surface area contributed by atoms with Crippen LogP contribution in [0.1, 0.15) is 17.5 Å². The van der Waals surface area contributed by atoms with Crippen LogP contribution in [0, 0.1) is 5.82 Å². The zero-order valence-corrected chi connectivity index (χ0v) is 15.9. The van der Waals surface area contributed by atoms with Gasteiger partial charge < -0.3 is 14.2 Å². The highest BCUT2D eigenvalue weighted by atomic mass is 79.9. The van der Waals surface area contributed by atoms with Crippen molar-refractivity contribution < 1.29 is 27.0 Å². The molecule has 1 heterocycles. The summed E-state index contributed by atoms with van der Waals surface area (Å²) in [7, 11) is -3.98. The Morgan fingerprint density at radius 2 is 1.92 bits per heavy atom. The molecule has 2 aromatic carbocycles. The standard InChI is InChI=1S/C17H15BrFNO5S/c18-10-7-11(19)9-12(8-10)25-14-1-2-15(26(20,21)22)16-13(14)3-4-17(16)23-5-6-24-17/h1-2,7-9H,3-6H2,(H2,20,21,22). The van der Waals surface area contributed by atoms with Crippen LogP contribution < -0.4 is 9.88 Å². The van der Waals surface area contributed by atoms with Crippen molar-refractivity contribution in [1.29, 1.82) is 0 Å². The molecule has 26 heavy (non-hydrogen) atoms. The van der Waals surface area contributed by atoms with Gasteiger partial charge in [0, 0.05) is 28.1 Å². The summed E-state index contributed by atoms with van der Waals surface area (Å²) in [6.45, 7) is 0.733. The van der Waals surface area contributed by atoms with Crippen LogP contribution in [0.15, 0.2) is 39.7 Å². The van der Waals surface area contributed by atoms with Gasteiger partial charge in [-0.1, -0.05) is 15.9 Å². The van der Waals surface area contributed by atoms with E-state index in [1.165, 1.54) is 24.3 Å². The molecule has 0 unspecified atom stereocenters. The number of hydrogen-bond acceptors (Lipinski definition) is 5. The van der Waals surface area contributed by atoms with E-state index in [0.29, 0.717) is 47.4 Å². The average molecular weight is 444 g/mol. The molecule has 0 aromatic heterocycles. The fourth-order valence-electron chi connectivity index (χ4n) is 3.48. The Morgan fingerprint density at radius 1 is 1.19 bits per heavy atom. The molecule has 0 amide bonds. The van der Waals surface area contributed by atoms with E-state index >= 15 is 0 Å². The van der Waals surface area contributed by atoms with Gasteiger partial charge in [-0.05, 0) is 30.7 Å². The Kier molecular flexibility index (Phi) is 4.31. The fourth-order valence-corrected chi connectivity index (χ4v) is 4.74. The number of nitrogens with two attached hydrogens (primary N) is 1. The van der Waals surface area contributed by atoms with Gasteiger partial charge in [0.25, 0.3) is 0 Å². The van der Waals surface area contributed by atoms with E-state index in [1.54, 1.807) is 6.07 Å². The molecule has 1 fully saturated rings. The van der Waals surface area contributed by atoms with Crippen molar-refractivity contribution >= 4 is 26.0 Å². The molecule has 9 heteroatoms. The second-order valence-corrected chi connectivity index (χ2v) is 8.56. The van der Waals surface area contributed by atoms with E-state index in [1.807, 2.05) is 0 Å². The molecular weight excluding hydrogens is 429 g/mol. The SMILES string of the molecule is NS(=O)(=O)c1ccc(Oc2cc(F)cc(Br)c2)c2c1C1(CC2)OCCO1. The third-order valence-electron chi connectivity index (χ3n) is 4.44. The molecule has 1 saturated heterocycles. The van der Waals surface area contributed by atoms with Crippen LogP contribution in [-0.2, 0) is 31.7 Å². The van der Waals surface area contributed by atoms with Gasteiger partial charge in [-0.25, -0.2) is 17.9 Å². The van der Waals surface area contributed by atoms with Gasteiger partial charge in [-0.2, -0.15) is 0 Å². The van der Waals surface area contributed by atoms with Gasteiger partial charge in [0.05, 0.1) is 18.1 Å². The summed E-state index contributed by atoms with van der Waals surface area (Å²) in [5.74, 6) is -0.873. The highest BCUT2D eigenvalue weighted by Crippen LogP contribution is 2.49. The summed E-state index contributed by atoms with van der Waals surface area (Å²) < 4.78 is 55.6. The van der Waals surface area contributed by atoms with Gasteiger partial charge in [-0.15, -0.1) is 0 Å². The quantitative estimate of drug-likeness (QED) is 0.786. The summed E-state index contributed by atoms with van der Waals surface area (Å²) in [6, 6.07) is 7.08. The van der Waals surface area contributed by atoms with Crippen LogP contribution in [0.4, 0.5) is 4.39 Å². The maximum atomic E-state index is 13.6. The van der Waals surface area contributed by atoms with Crippen molar-refractivity contribution in [2.75, 3.05) is 13.2 Å². The summed E-state index contributed by atoms with van der Waals surface area (Å²) in [6.07, 6.45) is 0.947. The molecule has 0 bridgehead atoms. The number of ether oxygens (including phenoxy) is 3. The maximum absolute atomic E-state index is 13.6. The van der Waals surface area contributed by atoms with Crippen molar-refractivity contribution in [3.8, 4) is 11.5 Å². The van der Waals surface area contributed by atoms with Gasteiger partial charge in [0.2, 0.25) is 10.0 Å². The predicted octanol–water partition coefficient (Wildman–Crippen LogP) is 3.17. The summed E-state index contributed by atoms with van der Waals surface area (Å²) in [5, 5.41) is 5.39. The zero-order chi connectivity index (χ0) is 18.5. The first kappa shape index (κ1) is 17.9. The molecule has 1 aliphatic carbocycles. The smallest absolute Gasteiger partial charge is 0.238 e. The number of hydrogen-bond donors (Lipinski definition) is 1. The molecule has 2 aromatic rings. The number of sulfonamides is 1. The topological polar surface area (TPSA) is 87.9 Å². The van der Waals surface area contributed by atoms with Crippen LogP contribution in [0.2, 0.25) is 0 Å². The minimum absolute atomic E-state index is 0.0420. The Balaban J connectivity index is 1.85. The molecule has 138 valence electrons. The first-order valence-corrected chi connectivity index (χ1v) is 10.2. The molecular formula is C17H15BrFNO5S. The van der Waals surface area contributed by atoms with E-state index in [4.69, 9.17) is 19.3 Å². The van der Waals surface area contributed by atoms with E-state index in [-0.39, 0.29) is 10.6 Å². The van der Waals surface area contributed by atoms with E-state index < -0.39 is 21.6 Å². The fraction of sp³-hybridized carbons (Fsp3) is 0.294. The molecule has 1 spiro atoms. The van der Waals surface area contributed by atoms with Crippen molar-refractivity contribution in [2.45, 2.75) is 23.5 Å². The van der Waals surface area contributed by atoms with E-state index in [0.717, 1.165) is 0 Å². The van der Waals surface area contributed by atoms with Crippen molar-refractivity contribution in [2.24, 2.45) is 5.14 Å². The number of rotatable bonds is 3.